The number of nitrogens with zero attached hydrogens (tertiary/aromatic N) is 2. The van der Waals surface area contributed by atoms with E-state index in [9.17, 15) is 0 Å². The minimum Gasteiger partial charge on any atom is -0.354 e. The van der Waals surface area contributed by atoms with E-state index in [-0.39, 0.29) is 0 Å². The van der Waals surface area contributed by atoms with Gasteiger partial charge in [-0.3, -0.25) is 0 Å². The van der Waals surface area contributed by atoms with E-state index < -0.39 is 0 Å². The summed E-state index contributed by atoms with van der Waals surface area (Å²) in [6.45, 7) is 0. The van der Waals surface area contributed by atoms with Crippen LogP contribution in [-0.4, -0.2) is 15.0 Å². The van der Waals surface area contributed by atoms with Gasteiger partial charge in [-0.15, -0.1) is 0 Å². The van der Waals surface area contributed by atoms with Gasteiger partial charge >= 0.3 is 0 Å². The quantitative estimate of drug-likeness (QED) is 0.277. The number of aromatic nitrogens is 3. The molecule has 0 aliphatic rings. The second kappa shape index (κ2) is 8.89. The third kappa shape index (κ3) is 3.97. The Morgan fingerprint density at radius 1 is 0.378 bits per heavy atom. The topological polar surface area (TPSA) is 41.6 Å². The van der Waals surface area contributed by atoms with Crippen LogP contribution in [0, 0.1) is 0 Å². The molecule has 3 nitrogen and oxygen atoms in total. The molecule has 3 heteroatoms. The Bertz CT molecular complexity index is 1810. The molecule has 0 aliphatic carbocycles. The summed E-state index contributed by atoms with van der Waals surface area (Å²) < 4.78 is 0. The average Bonchev–Trinajstić information content (AvgIpc) is 3.36. The van der Waals surface area contributed by atoms with Crippen LogP contribution in [0.2, 0.25) is 0 Å². The van der Waals surface area contributed by atoms with Crippen molar-refractivity contribution in [1.82, 2.24) is 15.0 Å². The van der Waals surface area contributed by atoms with E-state index in [1.165, 1.54) is 10.8 Å². The maximum atomic E-state index is 5.00. The third-order valence-corrected chi connectivity index (χ3v) is 6.83. The number of fused-ring (bicyclic) bond motifs is 3. The summed E-state index contributed by atoms with van der Waals surface area (Å²) in [4.78, 5) is 13.6. The van der Waals surface area contributed by atoms with Gasteiger partial charge in [0.05, 0.1) is 11.4 Å². The van der Waals surface area contributed by atoms with Gasteiger partial charge in [0.2, 0.25) is 0 Å². The molecule has 1 N–H and O–H groups in total. The summed E-state index contributed by atoms with van der Waals surface area (Å²) in [6, 6.07) is 46.2. The van der Waals surface area contributed by atoms with E-state index in [1.54, 1.807) is 0 Å². The molecule has 0 amide bonds. The molecule has 37 heavy (non-hydrogen) atoms. The molecule has 7 aromatic rings. The number of hydrogen-bond donors (Lipinski definition) is 1. The minimum atomic E-state index is 0.716. The van der Waals surface area contributed by atoms with Crippen molar-refractivity contribution in [1.29, 1.82) is 0 Å². The lowest BCUT2D eigenvalue weighted by molar-refractivity contribution is 1.18. The molecule has 5 aromatic carbocycles. The third-order valence-electron chi connectivity index (χ3n) is 6.83. The van der Waals surface area contributed by atoms with Crippen molar-refractivity contribution < 1.29 is 0 Å². The SMILES string of the molecule is c1ccc(-c2cc(-c3ccccc3)nc(-c3cccc(-c4ccc5c(c4)[nH]c4ccccc45)c3)n2)cc1. The van der Waals surface area contributed by atoms with Crippen LogP contribution >= 0.6 is 0 Å². The molecule has 0 aliphatic heterocycles. The summed E-state index contributed by atoms with van der Waals surface area (Å²) in [5.41, 5.74) is 9.54. The molecule has 0 bridgehead atoms. The van der Waals surface area contributed by atoms with E-state index in [4.69, 9.17) is 9.97 Å². The fraction of sp³-hybridized carbons (Fsp3) is 0. The molecule has 174 valence electrons. The lowest BCUT2D eigenvalue weighted by atomic mass is 10.0. The highest BCUT2D eigenvalue weighted by molar-refractivity contribution is 6.08. The number of aromatic amines is 1. The zero-order valence-electron chi connectivity index (χ0n) is 20.1. The highest BCUT2D eigenvalue weighted by atomic mass is 14.9. The number of rotatable bonds is 4. The predicted octanol–water partition coefficient (Wildman–Crippen LogP) is 8.78. The molecular weight excluding hydrogens is 450 g/mol. The van der Waals surface area contributed by atoms with Crippen LogP contribution in [0.25, 0.3) is 66.8 Å². The Morgan fingerprint density at radius 2 is 0.946 bits per heavy atom. The van der Waals surface area contributed by atoms with Gasteiger partial charge in [0.1, 0.15) is 0 Å². The van der Waals surface area contributed by atoms with Crippen LogP contribution in [-0.2, 0) is 0 Å². The number of H-pyrrole nitrogens is 1. The van der Waals surface area contributed by atoms with Crippen molar-refractivity contribution in [2.45, 2.75) is 0 Å². The maximum absolute atomic E-state index is 5.00. The second-order valence-electron chi connectivity index (χ2n) is 9.21. The smallest absolute Gasteiger partial charge is 0.160 e. The van der Waals surface area contributed by atoms with Crippen molar-refractivity contribution in [2.24, 2.45) is 0 Å². The Morgan fingerprint density at radius 3 is 1.68 bits per heavy atom. The number of para-hydroxylation sites is 1. The lowest BCUT2D eigenvalue weighted by Crippen LogP contribution is -1.96. The van der Waals surface area contributed by atoms with Crippen molar-refractivity contribution >= 4 is 21.8 Å². The van der Waals surface area contributed by atoms with Crippen LogP contribution in [0.3, 0.4) is 0 Å². The largest absolute Gasteiger partial charge is 0.354 e. The maximum Gasteiger partial charge on any atom is 0.160 e. The van der Waals surface area contributed by atoms with Crippen LogP contribution in [0.1, 0.15) is 0 Å². The highest BCUT2D eigenvalue weighted by Crippen LogP contribution is 2.32. The number of hydrogen-bond acceptors (Lipinski definition) is 2. The lowest BCUT2D eigenvalue weighted by Gasteiger charge is -2.10. The Kier molecular flexibility index (Phi) is 5.11. The molecule has 2 heterocycles. The first-order chi connectivity index (χ1) is 18.3. The van der Waals surface area contributed by atoms with E-state index in [0.717, 1.165) is 50.2 Å². The van der Waals surface area contributed by atoms with Crippen LogP contribution in [0.15, 0.2) is 133 Å². The second-order valence-corrected chi connectivity index (χ2v) is 9.21. The van der Waals surface area contributed by atoms with Gasteiger partial charge in [0.15, 0.2) is 5.82 Å². The van der Waals surface area contributed by atoms with Gasteiger partial charge in [-0.25, -0.2) is 9.97 Å². The fourth-order valence-electron chi connectivity index (χ4n) is 4.96. The Hall–Kier alpha value is -5.02. The van der Waals surface area contributed by atoms with Crippen molar-refractivity contribution in [3.05, 3.63) is 133 Å². The molecule has 0 unspecified atom stereocenters. The first-order valence-electron chi connectivity index (χ1n) is 12.4. The first kappa shape index (κ1) is 21.3. The zero-order chi connectivity index (χ0) is 24.6. The molecule has 0 saturated heterocycles. The number of benzene rings is 5. The van der Waals surface area contributed by atoms with Gasteiger partial charge in [0, 0.05) is 38.5 Å². The van der Waals surface area contributed by atoms with E-state index >= 15 is 0 Å². The van der Waals surface area contributed by atoms with E-state index in [2.05, 4.69) is 102 Å². The predicted molar refractivity (Wildman–Crippen MR) is 153 cm³/mol. The molecule has 7 rings (SSSR count). The van der Waals surface area contributed by atoms with Gasteiger partial charge < -0.3 is 4.98 Å². The molecule has 2 aromatic heterocycles. The van der Waals surface area contributed by atoms with Gasteiger partial charge in [0.25, 0.3) is 0 Å². The van der Waals surface area contributed by atoms with Gasteiger partial charge in [-0.1, -0.05) is 109 Å². The van der Waals surface area contributed by atoms with Crippen LogP contribution < -0.4 is 0 Å². The monoisotopic (exact) mass is 473 g/mol. The molecule has 0 radical (unpaired) electrons. The minimum absolute atomic E-state index is 0.716. The summed E-state index contributed by atoms with van der Waals surface area (Å²) in [7, 11) is 0. The molecular formula is C34H23N3. The van der Waals surface area contributed by atoms with E-state index in [1.807, 2.05) is 36.4 Å². The van der Waals surface area contributed by atoms with Gasteiger partial charge in [-0.2, -0.15) is 0 Å². The normalized spacial score (nSPS) is 11.2. The molecule has 0 spiro atoms. The molecule has 0 atom stereocenters. The fourth-order valence-corrected chi connectivity index (χ4v) is 4.96. The summed E-state index contributed by atoms with van der Waals surface area (Å²) in [5.74, 6) is 0.716. The summed E-state index contributed by atoms with van der Waals surface area (Å²) in [6.07, 6.45) is 0. The van der Waals surface area contributed by atoms with E-state index in [0.29, 0.717) is 5.82 Å². The summed E-state index contributed by atoms with van der Waals surface area (Å²) in [5, 5.41) is 2.49. The van der Waals surface area contributed by atoms with Crippen molar-refractivity contribution in [2.75, 3.05) is 0 Å². The highest BCUT2D eigenvalue weighted by Gasteiger charge is 2.12. The Balaban J connectivity index is 1.35. The van der Waals surface area contributed by atoms with Crippen LogP contribution in [0.4, 0.5) is 0 Å². The van der Waals surface area contributed by atoms with Crippen LogP contribution in [0.5, 0.6) is 0 Å². The Labute approximate surface area is 215 Å². The standard InChI is InChI=1S/C34H23N3/c1-3-10-23(11-4-1)31-22-32(24-12-5-2-6-13-24)37-34(36-31)27-15-9-14-25(20-27)26-18-19-29-28-16-7-8-17-30(28)35-33(29)21-26/h1-22,35H. The summed E-state index contributed by atoms with van der Waals surface area (Å²) >= 11 is 0. The average molecular weight is 474 g/mol. The molecule has 0 fully saturated rings. The van der Waals surface area contributed by atoms with Crippen molar-refractivity contribution in [3.8, 4) is 45.0 Å². The zero-order valence-corrected chi connectivity index (χ0v) is 20.1. The van der Waals surface area contributed by atoms with Gasteiger partial charge in [-0.05, 0) is 35.4 Å². The first-order valence-corrected chi connectivity index (χ1v) is 12.4. The number of nitrogens with one attached hydrogen (secondary N) is 1. The molecule has 0 saturated carbocycles. The van der Waals surface area contributed by atoms with Crippen molar-refractivity contribution in [3.63, 3.8) is 0 Å².